The van der Waals surface area contributed by atoms with E-state index in [1.807, 2.05) is 0 Å². The highest BCUT2D eigenvalue weighted by Gasteiger charge is 2.17. The molecule has 2 rings (SSSR count). The van der Waals surface area contributed by atoms with Gasteiger partial charge in [0.05, 0.1) is 23.3 Å². The smallest absolute Gasteiger partial charge is 0.340 e. The Morgan fingerprint density at radius 1 is 1.14 bits per heavy atom. The minimum atomic E-state index is -3.55. The van der Waals surface area contributed by atoms with E-state index in [9.17, 15) is 17.6 Å². The summed E-state index contributed by atoms with van der Waals surface area (Å²) in [6.07, 6.45) is 0. The Kier molecular flexibility index (Phi) is 4.37. The number of esters is 1. The molecule has 6 heteroatoms. The van der Waals surface area contributed by atoms with Crippen molar-refractivity contribution >= 4 is 15.8 Å². The number of benzene rings is 2. The summed E-state index contributed by atoms with van der Waals surface area (Å²) in [5.74, 6) is -1.94. The number of carbonyl (C=O) groups excluding carboxylic acids is 1. The Bertz CT molecular complexity index is 754. The van der Waals surface area contributed by atoms with Crippen molar-refractivity contribution in [3.63, 3.8) is 0 Å². The van der Waals surface area contributed by atoms with Crippen LogP contribution >= 0.6 is 0 Å². The van der Waals surface area contributed by atoms with Crippen LogP contribution in [0.3, 0.4) is 0 Å². The van der Waals surface area contributed by atoms with Crippen molar-refractivity contribution in [2.45, 2.75) is 10.6 Å². The van der Waals surface area contributed by atoms with E-state index in [2.05, 4.69) is 4.74 Å². The highest BCUT2D eigenvalue weighted by atomic mass is 32.2. The number of rotatable bonds is 4. The van der Waals surface area contributed by atoms with Crippen LogP contribution in [0.2, 0.25) is 0 Å². The Hall–Kier alpha value is -2.21. The van der Waals surface area contributed by atoms with E-state index >= 15 is 0 Å². The standard InChI is InChI=1S/C15H13FO4S/c1-20-15(17)13-8-7-11(9-14(13)16)10-21(18,19)12-5-3-2-4-6-12/h2-9H,10H2,1H3. The average molecular weight is 308 g/mol. The van der Waals surface area contributed by atoms with Crippen molar-refractivity contribution in [1.82, 2.24) is 0 Å². The van der Waals surface area contributed by atoms with Gasteiger partial charge >= 0.3 is 5.97 Å². The molecule has 4 nitrogen and oxygen atoms in total. The van der Waals surface area contributed by atoms with Crippen LogP contribution in [0.25, 0.3) is 0 Å². The zero-order valence-electron chi connectivity index (χ0n) is 11.2. The molecule has 21 heavy (non-hydrogen) atoms. The summed E-state index contributed by atoms with van der Waals surface area (Å²) < 4.78 is 42.5. The number of ether oxygens (including phenoxy) is 1. The lowest BCUT2D eigenvalue weighted by Gasteiger charge is -2.06. The summed E-state index contributed by atoms with van der Waals surface area (Å²) in [6, 6.07) is 11.6. The number of hydrogen-bond acceptors (Lipinski definition) is 4. The molecular weight excluding hydrogens is 295 g/mol. The van der Waals surface area contributed by atoms with Gasteiger partial charge in [-0.05, 0) is 29.8 Å². The van der Waals surface area contributed by atoms with Gasteiger partial charge in [0.1, 0.15) is 5.82 Å². The molecule has 0 heterocycles. The van der Waals surface area contributed by atoms with Crippen LogP contribution in [0.1, 0.15) is 15.9 Å². The predicted molar refractivity (Wildman–Crippen MR) is 75.1 cm³/mol. The van der Waals surface area contributed by atoms with Crippen LogP contribution in [0, 0.1) is 5.82 Å². The van der Waals surface area contributed by atoms with Gasteiger partial charge in [0.15, 0.2) is 9.84 Å². The summed E-state index contributed by atoms with van der Waals surface area (Å²) in [4.78, 5) is 11.4. The molecule has 0 unspecified atom stereocenters. The lowest BCUT2D eigenvalue weighted by atomic mass is 10.1. The Labute approximate surface area is 122 Å². The third-order valence-corrected chi connectivity index (χ3v) is 4.60. The minimum absolute atomic E-state index is 0.169. The van der Waals surface area contributed by atoms with E-state index in [4.69, 9.17) is 0 Å². The molecule has 0 aliphatic carbocycles. The van der Waals surface area contributed by atoms with Crippen molar-refractivity contribution in [3.05, 3.63) is 65.5 Å². The van der Waals surface area contributed by atoms with Gasteiger partial charge in [-0.3, -0.25) is 0 Å². The minimum Gasteiger partial charge on any atom is -0.465 e. The second-order valence-electron chi connectivity index (χ2n) is 4.38. The largest absolute Gasteiger partial charge is 0.465 e. The molecule has 0 fully saturated rings. The highest BCUT2D eigenvalue weighted by Crippen LogP contribution is 2.18. The molecular formula is C15H13FO4S. The van der Waals surface area contributed by atoms with Gasteiger partial charge in [-0.2, -0.15) is 0 Å². The fourth-order valence-corrected chi connectivity index (χ4v) is 3.21. The second kappa shape index (κ2) is 6.05. The highest BCUT2D eigenvalue weighted by molar-refractivity contribution is 7.90. The number of carbonyl (C=O) groups is 1. The number of halogens is 1. The Balaban J connectivity index is 2.29. The fourth-order valence-electron chi connectivity index (χ4n) is 1.85. The van der Waals surface area contributed by atoms with Crippen molar-refractivity contribution in [2.75, 3.05) is 7.11 Å². The van der Waals surface area contributed by atoms with Crippen molar-refractivity contribution < 1.29 is 22.3 Å². The first-order chi connectivity index (χ1) is 9.94. The number of hydrogen-bond donors (Lipinski definition) is 0. The molecule has 0 aliphatic heterocycles. The third-order valence-electron chi connectivity index (χ3n) is 2.90. The molecule has 0 bridgehead atoms. The first-order valence-corrected chi connectivity index (χ1v) is 7.74. The first kappa shape index (κ1) is 15.2. The van der Waals surface area contributed by atoms with E-state index < -0.39 is 21.6 Å². The van der Waals surface area contributed by atoms with Crippen LogP contribution < -0.4 is 0 Å². The number of sulfone groups is 1. The summed E-state index contributed by atoms with van der Waals surface area (Å²) in [6.45, 7) is 0. The van der Waals surface area contributed by atoms with E-state index in [0.29, 0.717) is 0 Å². The Morgan fingerprint density at radius 3 is 2.38 bits per heavy atom. The number of methoxy groups -OCH3 is 1. The third kappa shape index (κ3) is 3.46. The lowest BCUT2D eigenvalue weighted by molar-refractivity contribution is 0.0595. The zero-order chi connectivity index (χ0) is 15.5. The van der Waals surface area contributed by atoms with E-state index in [1.54, 1.807) is 18.2 Å². The Morgan fingerprint density at radius 2 is 1.81 bits per heavy atom. The van der Waals surface area contributed by atoms with Crippen molar-refractivity contribution in [3.8, 4) is 0 Å². The molecule has 0 radical (unpaired) electrons. The average Bonchev–Trinajstić information content (AvgIpc) is 2.47. The van der Waals surface area contributed by atoms with Crippen LogP contribution in [0.15, 0.2) is 53.4 Å². The van der Waals surface area contributed by atoms with Crippen molar-refractivity contribution in [1.29, 1.82) is 0 Å². The van der Waals surface area contributed by atoms with Gasteiger partial charge in [0.25, 0.3) is 0 Å². The maximum atomic E-state index is 13.8. The fraction of sp³-hybridized carbons (Fsp3) is 0.133. The van der Waals surface area contributed by atoms with Crippen molar-refractivity contribution in [2.24, 2.45) is 0 Å². The van der Waals surface area contributed by atoms with Gasteiger partial charge < -0.3 is 4.74 Å². The first-order valence-electron chi connectivity index (χ1n) is 6.08. The maximum absolute atomic E-state index is 13.8. The molecule has 0 aliphatic rings. The molecule has 0 amide bonds. The van der Waals surface area contributed by atoms with E-state index in [0.717, 1.165) is 13.2 Å². The van der Waals surface area contributed by atoms with Crippen LogP contribution in [0.5, 0.6) is 0 Å². The maximum Gasteiger partial charge on any atom is 0.340 e. The van der Waals surface area contributed by atoms with E-state index in [-0.39, 0.29) is 21.8 Å². The molecule has 110 valence electrons. The van der Waals surface area contributed by atoms with Crippen LogP contribution in [-0.4, -0.2) is 21.5 Å². The second-order valence-corrected chi connectivity index (χ2v) is 6.37. The van der Waals surface area contributed by atoms with Crippen LogP contribution in [-0.2, 0) is 20.3 Å². The molecule has 2 aromatic rings. The van der Waals surface area contributed by atoms with Gasteiger partial charge in [-0.15, -0.1) is 0 Å². The molecule has 2 aromatic carbocycles. The summed E-state index contributed by atoms with van der Waals surface area (Å²) >= 11 is 0. The topological polar surface area (TPSA) is 60.4 Å². The van der Waals surface area contributed by atoms with Gasteiger partial charge in [0.2, 0.25) is 0 Å². The molecule has 0 saturated heterocycles. The molecule has 0 saturated carbocycles. The lowest BCUT2D eigenvalue weighted by Crippen LogP contribution is -2.08. The summed E-state index contributed by atoms with van der Waals surface area (Å²) in [7, 11) is -2.40. The summed E-state index contributed by atoms with van der Waals surface area (Å²) in [5, 5.41) is 0. The monoisotopic (exact) mass is 308 g/mol. The molecule has 0 N–H and O–H groups in total. The zero-order valence-corrected chi connectivity index (χ0v) is 12.1. The van der Waals surface area contributed by atoms with Gasteiger partial charge in [-0.1, -0.05) is 24.3 Å². The normalized spacial score (nSPS) is 11.1. The summed E-state index contributed by atoms with van der Waals surface area (Å²) in [5.41, 5.74) is 0.0439. The quantitative estimate of drug-likeness (QED) is 0.815. The molecule has 0 spiro atoms. The van der Waals surface area contributed by atoms with Crippen LogP contribution in [0.4, 0.5) is 4.39 Å². The molecule has 0 aromatic heterocycles. The van der Waals surface area contributed by atoms with E-state index in [1.165, 1.54) is 24.3 Å². The molecule has 0 atom stereocenters. The van der Waals surface area contributed by atoms with Gasteiger partial charge in [0, 0.05) is 0 Å². The predicted octanol–water partition coefficient (Wildman–Crippen LogP) is 2.59. The van der Waals surface area contributed by atoms with Gasteiger partial charge in [-0.25, -0.2) is 17.6 Å². The SMILES string of the molecule is COC(=O)c1ccc(CS(=O)(=O)c2ccccc2)cc1F.